The molecule has 0 N–H and O–H groups in total. The van der Waals surface area contributed by atoms with Crippen molar-refractivity contribution in [2.24, 2.45) is 0 Å². The minimum Gasteiger partial charge on any atom is -0.301 e. The van der Waals surface area contributed by atoms with Crippen LogP contribution >= 0.6 is 6.89 Å². The molecule has 3 aliphatic carbocycles. The standard InChI is InChI=1S/C50H63N2P.Ru/c1-35-29-37(3)48(38(4)30-35)51-27-28-52(49-39(5)31-36(2)32-40(49)6)50(51)53(45-20-9-7-10-21-45,46-22-11-8-12-23-46)47-24-16-15-19-44(47)34-41-25-26-42-17-13-14-18-43(42)33-41;/h13-14,17-18,25-34,45-47H,7-12,15-16,19-24H2,1-6H3;. The maximum atomic E-state index is 2.81. The first kappa shape index (κ1) is 39.4. The van der Waals surface area contributed by atoms with Crippen molar-refractivity contribution < 1.29 is 19.5 Å². The second-order valence-electron chi connectivity index (χ2n) is 17.3. The molecule has 4 aromatic carbocycles. The molecule has 1 unspecified atom stereocenters. The Kier molecular flexibility index (Phi) is 12.2. The summed E-state index contributed by atoms with van der Waals surface area (Å²) in [5.74, 6) is 0. The van der Waals surface area contributed by atoms with Gasteiger partial charge in [-0.25, -0.2) is 0 Å². The summed E-state index contributed by atoms with van der Waals surface area (Å²) in [5.41, 5.74) is 16.5. The van der Waals surface area contributed by atoms with E-state index in [1.165, 1.54) is 151 Å². The van der Waals surface area contributed by atoms with E-state index in [9.17, 15) is 0 Å². The maximum Gasteiger partial charge on any atom is 0.117 e. The molecule has 1 atom stereocenters. The SMILES string of the molecule is Cc1cc(C)c(-n2ccn(-c3c(C)cc(C)cc3C)c2=P(C2CCCCC2)(C2CCCCC2)C2CCCCC2=Cc2ccc3ccccc3c2)c(C)c1.[Ru]. The molecule has 1 aromatic heterocycles. The number of allylic oxidation sites excluding steroid dienone is 1. The molecule has 1 heterocycles. The molecule has 286 valence electrons. The zero-order valence-corrected chi connectivity index (χ0v) is 36.5. The van der Waals surface area contributed by atoms with Crippen LogP contribution in [0, 0.1) is 46.7 Å². The molecule has 3 aliphatic rings. The van der Waals surface area contributed by atoms with Crippen LogP contribution in [0.2, 0.25) is 0 Å². The van der Waals surface area contributed by atoms with Crippen LogP contribution in [0.15, 0.2) is 84.7 Å². The van der Waals surface area contributed by atoms with Gasteiger partial charge in [0.1, 0.15) is 5.20 Å². The number of hydrogen-bond acceptors (Lipinski definition) is 0. The zero-order chi connectivity index (χ0) is 36.7. The first-order valence-electron chi connectivity index (χ1n) is 21.1. The van der Waals surface area contributed by atoms with E-state index in [2.05, 4.69) is 136 Å². The van der Waals surface area contributed by atoms with Crippen molar-refractivity contribution in [2.75, 3.05) is 0 Å². The Bertz CT molecular complexity index is 2110. The smallest absolute Gasteiger partial charge is 0.117 e. The molecule has 0 bridgehead atoms. The van der Waals surface area contributed by atoms with E-state index in [1.807, 2.05) is 0 Å². The summed E-state index contributed by atoms with van der Waals surface area (Å²) in [6.45, 7) is 12.1. The van der Waals surface area contributed by atoms with Crippen molar-refractivity contribution in [3.63, 3.8) is 0 Å². The minimum absolute atomic E-state index is 0. The topological polar surface area (TPSA) is 9.86 Å². The Hall–Kier alpha value is -2.86. The molecule has 3 fully saturated rings. The Morgan fingerprint density at radius 3 is 1.54 bits per heavy atom. The molecule has 0 aliphatic heterocycles. The van der Waals surface area contributed by atoms with Crippen LogP contribution in [0.25, 0.3) is 28.2 Å². The van der Waals surface area contributed by atoms with Crippen LogP contribution in [-0.2, 0) is 19.5 Å². The van der Waals surface area contributed by atoms with E-state index >= 15 is 0 Å². The van der Waals surface area contributed by atoms with Crippen molar-refractivity contribution in [1.29, 1.82) is 0 Å². The number of imidazole rings is 1. The molecule has 0 amide bonds. The Balaban J connectivity index is 0.00000450. The number of aryl methyl sites for hydroxylation is 6. The Labute approximate surface area is 339 Å². The molecular formula is C50H63N2PRu. The van der Waals surface area contributed by atoms with Gasteiger partial charge in [0.15, 0.2) is 0 Å². The minimum atomic E-state index is -1.92. The maximum absolute atomic E-state index is 2.81. The third-order valence-electron chi connectivity index (χ3n) is 13.5. The molecule has 5 aromatic rings. The van der Waals surface area contributed by atoms with E-state index in [0.29, 0.717) is 5.66 Å². The number of benzene rings is 4. The van der Waals surface area contributed by atoms with Crippen molar-refractivity contribution >= 4 is 23.7 Å². The van der Waals surface area contributed by atoms with E-state index in [1.54, 1.807) is 10.8 Å². The predicted octanol–water partition coefficient (Wildman–Crippen LogP) is 14.5. The van der Waals surface area contributed by atoms with Gasteiger partial charge in [0, 0.05) is 37.5 Å². The molecule has 0 radical (unpaired) electrons. The Morgan fingerprint density at radius 1 is 0.537 bits per heavy atom. The summed E-state index contributed by atoms with van der Waals surface area (Å²) in [4.78, 5) is 0. The van der Waals surface area contributed by atoms with Gasteiger partial charge in [0.2, 0.25) is 0 Å². The van der Waals surface area contributed by atoms with Gasteiger partial charge in [0.05, 0.1) is 11.4 Å². The van der Waals surface area contributed by atoms with Crippen molar-refractivity contribution in [3.8, 4) is 11.4 Å². The van der Waals surface area contributed by atoms with E-state index in [4.69, 9.17) is 0 Å². The largest absolute Gasteiger partial charge is 0.301 e. The molecule has 4 heteroatoms. The molecule has 0 spiro atoms. The molecular weight excluding hydrogens is 761 g/mol. The molecule has 2 nitrogen and oxygen atoms in total. The summed E-state index contributed by atoms with van der Waals surface area (Å²) in [6.07, 6.45) is 26.9. The fraction of sp³-hybridized carbons (Fsp3) is 0.460. The van der Waals surface area contributed by atoms with Crippen molar-refractivity contribution in [3.05, 3.63) is 129 Å². The van der Waals surface area contributed by atoms with Crippen LogP contribution in [0.3, 0.4) is 0 Å². The molecule has 0 saturated heterocycles. The van der Waals surface area contributed by atoms with E-state index in [0.717, 1.165) is 11.3 Å². The average molecular weight is 824 g/mol. The van der Waals surface area contributed by atoms with E-state index in [-0.39, 0.29) is 19.5 Å². The number of rotatable bonds is 6. The molecule has 54 heavy (non-hydrogen) atoms. The van der Waals surface area contributed by atoms with Gasteiger partial charge in [-0.15, -0.1) is 0 Å². The molecule has 8 rings (SSSR count). The van der Waals surface area contributed by atoms with Crippen LogP contribution in [0.1, 0.15) is 129 Å². The second kappa shape index (κ2) is 16.7. The van der Waals surface area contributed by atoms with Gasteiger partial charge in [0.25, 0.3) is 0 Å². The van der Waals surface area contributed by atoms with Crippen molar-refractivity contribution in [1.82, 2.24) is 9.13 Å². The first-order valence-corrected chi connectivity index (χ1v) is 23.1. The Morgan fingerprint density at radius 2 is 1.02 bits per heavy atom. The normalized spacial score (nSPS) is 19.7. The number of aromatic nitrogens is 2. The van der Waals surface area contributed by atoms with Crippen LogP contribution < -0.4 is 0 Å². The number of hydrogen-bond donors (Lipinski definition) is 0. The van der Waals surface area contributed by atoms with Crippen LogP contribution in [0.4, 0.5) is 0 Å². The van der Waals surface area contributed by atoms with Gasteiger partial charge >= 0.3 is 0 Å². The summed E-state index contributed by atoms with van der Waals surface area (Å²) in [6, 6.07) is 25.9. The summed E-state index contributed by atoms with van der Waals surface area (Å²) in [5, 5.41) is 4.39. The summed E-state index contributed by atoms with van der Waals surface area (Å²) in [7, 11) is 0. The average Bonchev–Trinajstić information content (AvgIpc) is 3.56. The quantitative estimate of drug-likeness (QED) is 0.119. The van der Waals surface area contributed by atoms with Gasteiger partial charge < -0.3 is 9.13 Å². The fourth-order valence-corrected chi connectivity index (χ4v) is 19.1. The summed E-state index contributed by atoms with van der Waals surface area (Å²) < 4.78 is 5.62. The van der Waals surface area contributed by atoms with Crippen LogP contribution in [-0.4, -0.2) is 26.1 Å². The van der Waals surface area contributed by atoms with Crippen LogP contribution in [0.5, 0.6) is 0 Å². The van der Waals surface area contributed by atoms with Crippen molar-refractivity contribution in [2.45, 2.75) is 148 Å². The molecule has 3 saturated carbocycles. The third-order valence-corrected chi connectivity index (χ3v) is 19.7. The first-order chi connectivity index (χ1) is 25.8. The fourth-order valence-electron chi connectivity index (χ4n) is 11.7. The van der Waals surface area contributed by atoms with Gasteiger partial charge in [-0.2, -0.15) is 0 Å². The van der Waals surface area contributed by atoms with E-state index < -0.39 is 6.89 Å². The second-order valence-corrected chi connectivity index (χ2v) is 21.5. The van der Waals surface area contributed by atoms with Gasteiger partial charge in [-0.1, -0.05) is 128 Å². The predicted molar refractivity (Wildman–Crippen MR) is 232 cm³/mol. The third kappa shape index (κ3) is 7.27. The number of fused-ring (bicyclic) bond motifs is 1. The zero-order valence-electron chi connectivity index (χ0n) is 33.9. The number of nitrogens with zero attached hydrogens (tertiary/aromatic N) is 2. The van der Waals surface area contributed by atoms with Gasteiger partial charge in [-0.3, -0.25) is 0 Å². The monoisotopic (exact) mass is 824 g/mol. The summed E-state index contributed by atoms with van der Waals surface area (Å²) >= 11 is 0. The van der Waals surface area contributed by atoms with Gasteiger partial charge in [-0.05, 0) is 149 Å².